The van der Waals surface area contributed by atoms with Gasteiger partial charge in [0.1, 0.15) is 5.78 Å². The van der Waals surface area contributed by atoms with E-state index < -0.39 is 0 Å². The van der Waals surface area contributed by atoms with Crippen LogP contribution in [0.3, 0.4) is 0 Å². The number of aryl methyl sites for hydroxylation is 1. The molecule has 0 atom stereocenters. The molecule has 1 nitrogen and oxygen atoms in total. The second kappa shape index (κ2) is 6.12. The third kappa shape index (κ3) is 4.10. The summed E-state index contributed by atoms with van der Waals surface area (Å²) < 4.78 is 1.09. The van der Waals surface area contributed by atoms with Crippen LogP contribution >= 0.6 is 27.3 Å². The first kappa shape index (κ1) is 12.5. The Morgan fingerprint density at radius 2 is 1.88 bits per heavy atom. The van der Waals surface area contributed by atoms with Crippen molar-refractivity contribution in [1.29, 1.82) is 0 Å². The summed E-state index contributed by atoms with van der Waals surface area (Å²) in [4.78, 5) is 12.9. The highest BCUT2D eigenvalue weighted by molar-refractivity contribution is 9.11. The number of rotatable bonds is 5. The second-order valence-corrected chi connectivity index (χ2v) is 6.45. The second-order valence-electron chi connectivity index (χ2n) is 3.91. The Morgan fingerprint density at radius 1 is 1.12 bits per heavy atom. The zero-order valence-corrected chi connectivity index (χ0v) is 11.8. The smallest absolute Gasteiger partial charge is 0.138 e. The van der Waals surface area contributed by atoms with E-state index in [1.807, 2.05) is 30.3 Å². The number of carbonyl (C=O) groups excluding carboxylic acids is 1. The molecule has 0 aliphatic rings. The van der Waals surface area contributed by atoms with E-state index in [0.29, 0.717) is 18.6 Å². The van der Waals surface area contributed by atoms with Gasteiger partial charge in [0.25, 0.3) is 0 Å². The van der Waals surface area contributed by atoms with Gasteiger partial charge in [-0.2, -0.15) is 0 Å². The number of benzene rings is 1. The van der Waals surface area contributed by atoms with Gasteiger partial charge in [0, 0.05) is 17.7 Å². The molecule has 0 bridgehead atoms. The van der Waals surface area contributed by atoms with E-state index in [4.69, 9.17) is 0 Å². The molecule has 0 aliphatic carbocycles. The number of hydrogen-bond donors (Lipinski definition) is 0. The molecule has 17 heavy (non-hydrogen) atoms. The molecule has 88 valence electrons. The van der Waals surface area contributed by atoms with Gasteiger partial charge in [-0.15, -0.1) is 11.3 Å². The van der Waals surface area contributed by atoms with Crippen molar-refractivity contribution >= 4 is 33.0 Å². The van der Waals surface area contributed by atoms with Gasteiger partial charge in [-0.3, -0.25) is 4.79 Å². The van der Waals surface area contributed by atoms with Crippen LogP contribution in [-0.2, 0) is 17.6 Å². The minimum Gasteiger partial charge on any atom is -0.299 e. The average molecular weight is 309 g/mol. The molecule has 0 fully saturated rings. The number of hydrogen-bond acceptors (Lipinski definition) is 2. The molecule has 0 radical (unpaired) electrons. The third-order valence-corrected chi connectivity index (χ3v) is 4.16. The molecule has 1 aromatic heterocycles. The zero-order chi connectivity index (χ0) is 12.1. The van der Waals surface area contributed by atoms with E-state index in [-0.39, 0.29) is 0 Å². The molecule has 0 amide bonds. The van der Waals surface area contributed by atoms with E-state index in [1.54, 1.807) is 11.3 Å². The Bertz CT molecular complexity index is 490. The summed E-state index contributed by atoms with van der Waals surface area (Å²) in [5.74, 6) is 0.309. The largest absolute Gasteiger partial charge is 0.299 e. The number of carbonyl (C=O) groups is 1. The Morgan fingerprint density at radius 3 is 2.53 bits per heavy atom. The van der Waals surface area contributed by atoms with Crippen LogP contribution in [0.4, 0.5) is 0 Å². The summed E-state index contributed by atoms with van der Waals surface area (Å²) in [6, 6.07) is 14.1. The maximum Gasteiger partial charge on any atom is 0.138 e. The minimum absolute atomic E-state index is 0.309. The number of Topliss-reactive ketones (excluding diaryl/α,β-unsaturated/α-hetero) is 1. The molecule has 3 heteroatoms. The lowest BCUT2D eigenvalue weighted by Crippen LogP contribution is -2.02. The van der Waals surface area contributed by atoms with Crippen molar-refractivity contribution in [1.82, 2.24) is 0 Å². The molecule has 2 aromatic rings. The van der Waals surface area contributed by atoms with Crippen molar-refractivity contribution in [3.63, 3.8) is 0 Å². The summed E-state index contributed by atoms with van der Waals surface area (Å²) in [7, 11) is 0. The quantitative estimate of drug-likeness (QED) is 0.807. The molecule has 1 heterocycles. The minimum atomic E-state index is 0.309. The van der Waals surface area contributed by atoms with Gasteiger partial charge in [0.2, 0.25) is 0 Å². The molecule has 2 rings (SSSR count). The van der Waals surface area contributed by atoms with Gasteiger partial charge in [0.05, 0.1) is 3.79 Å². The molecule has 0 saturated heterocycles. The highest BCUT2D eigenvalue weighted by Crippen LogP contribution is 2.22. The van der Waals surface area contributed by atoms with Crippen LogP contribution < -0.4 is 0 Å². The maximum atomic E-state index is 11.8. The standard InChI is InChI=1S/C14H13BrOS/c15-14-9-8-13(17-14)10-12(16)7-6-11-4-2-1-3-5-11/h1-5,8-9H,6-7,10H2. The van der Waals surface area contributed by atoms with Crippen molar-refractivity contribution in [2.45, 2.75) is 19.3 Å². The van der Waals surface area contributed by atoms with E-state index >= 15 is 0 Å². The number of thiophene rings is 1. The predicted octanol–water partition coefficient (Wildman–Crippen LogP) is 4.26. The van der Waals surface area contributed by atoms with Crippen molar-refractivity contribution in [3.8, 4) is 0 Å². The summed E-state index contributed by atoms with van der Waals surface area (Å²) in [6.45, 7) is 0. The van der Waals surface area contributed by atoms with Gasteiger partial charge >= 0.3 is 0 Å². The summed E-state index contributed by atoms with van der Waals surface area (Å²) >= 11 is 5.04. The van der Waals surface area contributed by atoms with Gasteiger partial charge in [-0.1, -0.05) is 30.3 Å². The first-order chi connectivity index (χ1) is 8.24. The third-order valence-electron chi connectivity index (χ3n) is 2.54. The van der Waals surface area contributed by atoms with Crippen molar-refractivity contribution in [2.24, 2.45) is 0 Å². The summed E-state index contributed by atoms with van der Waals surface area (Å²) in [5.41, 5.74) is 1.23. The fraction of sp³-hybridized carbons (Fsp3) is 0.214. The SMILES string of the molecule is O=C(CCc1ccccc1)Cc1ccc(Br)s1. The van der Waals surface area contributed by atoms with Crippen molar-refractivity contribution < 1.29 is 4.79 Å². The molecule has 0 aliphatic heterocycles. The molecule has 1 aromatic carbocycles. The molecule has 0 spiro atoms. The summed E-state index contributed by atoms with van der Waals surface area (Å²) in [5, 5.41) is 0. The van der Waals surface area contributed by atoms with Crippen molar-refractivity contribution in [3.05, 3.63) is 56.7 Å². The lowest BCUT2D eigenvalue weighted by atomic mass is 10.1. The van der Waals surface area contributed by atoms with Crippen LogP contribution in [0.1, 0.15) is 16.9 Å². The molecular weight excluding hydrogens is 296 g/mol. The number of halogens is 1. The summed E-state index contributed by atoms with van der Waals surface area (Å²) in [6.07, 6.45) is 2.02. The Labute approximate surface area is 114 Å². The lowest BCUT2D eigenvalue weighted by molar-refractivity contribution is -0.118. The van der Waals surface area contributed by atoms with Crippen LogP contribution in [0.2, 0.25) is 0 Å². The average Bonchev–Trinajstić information content (AvgIpc) is 2.73. The van der Waals surface area contributed by atoms with Crippen LogP contribution in [-0.4, -0.2) is 5.78 Å². The topological polar surface area (TPSA) is 17.1 Å². The van der Waals surface area contributed by atoms with E-state index in [0.717, 1.165) is 15.1 Å². The Balaban J connectivity index is 1.82. The van der Waals surface area contributed by atoms with E-state index in [1.165, 1.54) is 5.56 Å². The first-order valence-corrected chi connectivity index (χ1v) is 7.15. The number of ketones is 1. The fourth-order valence-corrected chi connectivity index (χ4v) is 3.17. The fourth-order valence-electron chi connectivity index (χ4n) is 1.66. The lowest BCUT2D eigenvalue weighted by Gasteiger charge is -2.00. The van der Waals surface area contributed by atoms with Crippen molar-refractivity contribution in [2.75, 3.05) is 0 Å². The van der Waals surface area contributed by atoms with Crippen LogP contribution in [0.15, 0.2) is 46.3 Å². The van der Waals surface area contributed by atoms with Crippen LogP contribution in [0.5, 0.6) is 0 Å². The molecule has 0 N–H and O–H groups in total. The molecule has 0 saturated carbocycles. The maximum absolute atomic E-state index is 11.8. The first-order valence-electron chi connectivity index (χ1n) is 5.54. The van der Waals surface area contributed by atoms with Crippen LogP contribution in [0, 0.1) is 0 Å². The van der Waals surface area contributed by atoms with Crippen LogP contribution in [0.25, 0.3) is 0 Å². The molecule has 0 unspecified atom stereocenters. The van der Waals surface area contributed by atoms with Gasteiger partial charge in [-0.05, 0) is 40.0 Å². The highest BCUT2D eigenvalue weighted by Gasteiger charge is 2.06. The highest BCUT2D eigenvalue weighted by atomic mass is 79.9. The predicted molar refractivity (Wildman–Crippen MR) is 75.5 cm³/mol. The van der Waals surface area contributed by atoms with Gasteiger partial charge < -0.3 is 0 Å². The monoisotopic (exact) mass is 308 g/mol. The van der Waals surface area contributed by atoms with E-state index in [9.17, 15) is 4.79 Å². The van der Waals surface area contributed by atoms with Gasteiger partial charge in [0.15, 0.2) is 0 Å². The molecular formula is C14H13BrOS. The Kier molecular flexibility index (Phi) is 4.51. The normalized spacial score (nSPS) is 10.4. The van der Waals surface area contributed by atoms with Gasteiger partial charge in [-0.25, -0.2) is 0 Å². The zero-order valence-electron chi connectivity index (χ0n) is 9.36. The Hall–Kier alpha value is -0.930. The van der Waals surface area contributed by atoms with E-state index in [2.05, 4.69) is 28.1 Å².